The van der Waals surface area contributed by atoms with Crippen molar-refractivity contribution in [1.82, 2.24) is 10.6 Å². The van der Waals surface area contributed by atoms with Crippen LogP contribution in [0.4, 0.5) is 0 Å². The quantitative estimate of drug-likeness (QED) is 0.740. The fraction of sp³-hybridized carbons (Fsp3) is 0.571. The van der Waals surface area contributed by atoms with Gasteiger partial charge in [0.05, 0.1) is 24.3 Å². The highest BCUT2D eigenvalue weighted by molar-refractivity contribution is 7.91. The molecule has 8 heteroatoms. The number of amides is 2. The summed E-state index contributed by atoms with van der Waals surface area (Å²) in [6, 6.07) is 3.08. The van der Waals surface area contributed by atoms with Crippen molar-refractivity contribution in [2.24, 2.45) is 5.41 Å². The van der Waals surface area contributed by atoms with E-state index in [-0.39, 0.29) is 35.9 Å². The van der Waals surface area contributed by atoms with E-state index in [2.05, 4.69) is 10.6 Å². The predicted octanol–water partition coefficient (Wildman–Crippen LogP) is -0.0207. The van der Waals surface area contributed by atoms with Crippen LogP contribution in [0.25, 0.3) is 0 Å². The molecule has 2 heterocycles. The van der Waals surface area contributed by atoms with Gasteiger partial charge in [0, 0.05) is 6.04 Å². The topological polar surface area (TPSA) is 105 Å². The van der Waals surface area contributed by atoms with Gasteiger partial charge < -0.3 is 15.1 Å². The highest BCUT2D eigenvalue weighted by Crippen LogP contribution is 2.46. The highest BCUT2D eigenvalue weighted by Gasteiger charge is 2.57. The number of hydrogen-bond donors (Lipinski definition) is 2. The second kappa shape index (κ2) is 5.42. The fourth-order valence-electron chi connectivity index (χ4n) is 2.66. The molecule has 1 atom stereocenters. The van der Waals surface area contributed by atoms with Crippen molar-refractivity contribution in [2.45, 2.75) is 31.8 Å². The van der Waals surface area contributed by atoms with Gasteiger partial charge in [-0.15, -0.1) is 0 Å². The van der Waals surface area contributed by atoms with E-state index in [0.717, 1.165) is 0 Å². The van der Waals surface area contributed by atoms with Crippen LogP contribution in [0, 0.1) is 5.41 Å². The van der Waals surface area contributed by atoms with E-state index < -0.39 is 15.3 Å². The van der Waals surface area contributed by atoms with Gasteiger partial charge in [0.15, 0.2) is 9.84 Å². The van der Waals surface area contributed by atoms with E-state index in [1.54, 1.807) is 12.1 Å². The molecule has 1 unspecified atom stereocenters. The number of hydrogen-bond acceptors (Lipinski definition) is 5. The number of carbonyl (C=O) groups is 2. The third kappa shape index (κ3) is 3.01. The Balaban J connectivity index is 1.56. The van der Waals surface area contributed by atoms with E-state index in [0.29, 0.717) is 25.0 Å². The average Bonchev–Trinajstić information content (AvgIpc) is 2.98. The summed E-state index contributed by atoms with van der Waals surface area (Å²) in [5, 5.41) is 5.41. The Morgan fingerprint density at radius 3 is 2.64 bits per heavy atom. The number of carbonyl (C=O) groups excluding carboxylic acids is 2. The van der Waals surface area contributed by atoms with Gasteiger partial charge in [-0.25, -0.2) is 8.42 Å². The maximum absolute atomic E-state index is 12.3. The Bertz CT molecular complexity index is 676. The molecule has 0 spiro atoms. The lowest BCUT2D eigenvalue weighted by molar-refractivity contribution is -0.137. The summed E-state index contributed by atoms with van der Waals surface area (Å²) in [7, 11) is -3.05. The summed E-state index contributed by atoms with van der Waals surface area (Å²) in [6.07, 6.45) is 2.91. The van der Waals surface area contributed by atoms with Crippen LogP contribution in [0.3, 0.4) is 0 Å². The maximum Gasteiger partial charge on any atom is 0.236 e. The first-order chi connectivity index (χ1) is 10.4. The summed E-state index contributed by atoms with van der Waals surface area (Å²) in [5.41, 5.74) is -1.04. The number of furan rings is 1. The van der Waals surface area contributed by atoms with Crippen molar-refractivity contribution in [3.05, 3.63) is 24.2 Å². The molecule has 2 N–H and O–H groups in total. The van der Waals surface area contributed by atoms with Crippen molar-refractivity contribution in [3.8, 4) is 0 Å². The molecule has 1 aliphatic heterocycles. The van der Waals surface area contributed by atoms with Gasteiger partial charge in [-0.3, -0.25) is 9.59 Å². The molecule has 1 aromatic heterocycles. The minimum absolute atomic E-state index is 0.0389. The van der Waals surface area contributed by atoms with Crippen molar-refractivity contribution in [2.75, 3.05) is 11.5 Å². The number of nitrogens with one attached hydrogen (secondary N) is 2. The monoisotopic (exact) mass is 326 g/mol. The first-order valence-electron chi connectivity index (χ1n) is 7.23. The molecule has 22 heavy (non-hydrogen) atoms. The van der Waals surface area contributed by atoms with Gasteiger partial charge in [-0.1, -0.05) is 0 Å². The van der Waals surface area contributed by atoms with Crippen LogP contribution in [0.5, 0.6) is 0 Å². The molecule has 2 aliphatic rings. The van der Waals surface area contributed by atoms with Gasteiger partial charge >= 0.3 is 0 Å². The molecule has 1 aliphatic carbocycles. The minimum Gasteiger partial charge on any atom is -0.467 e. The summed E-state index contributed by atoms with van der Waals surface area (Å²) < 4.78 is 28.0. The van der Waals surface area contributed by atoms with Crippen molar-refractivity contribution in [1.29, 1.82) is 0 Å². The predicted molar refractivity (Wildman–Crippen MR) is 77.4 cm³/mol. The van der Waals surface area contributed by atoms with Crippen molar-refractivity contribution in [3.63, 3.8) is 0 Å². The van der Waals surface area contributed by atoms with E-state index in [9.17, 15) is 18.0 Å². The third-order valence-electron chi connectivity index (χ3n) is 4.19. The fourth-order valence-corrected chi connectivity index (χ4v) is 4.34. The lowest BCUT2D eigenvalue weighted by atomic mass is 10.0. The van der Waals surface area contributed by atoms with Crippen LogP contribution in [0.15, 0.2) is 22.8 Å². The van der Waals surface area contributed by atoms with Gasteiger partial charge in [-0.05, 0) is 31.4 Å². The molecular formula is C14H18N2O5S. The third-order valence-corrected chi connectivity index (χ3v) is 5.96. The normalized spacial score (nSPS) is 24.6. The Kier molecular flexibility index (Phi) is 3.72. The van der Waals surface area contributed by atoms with Gasteiger partial charge in [-0.2, -0.15) is 0 Å². The molecule has 2 fully saturated rings. The minimum atomic E-state index is -3.05. The van der Waals surface area contributed by atoms with Crippen LogP contribution < -0.4 is 10.6 Å². The molecule has 3 rings (SSSR count). The molecule has 0 bridgehead atoms. The Morgan fingerprint density at radius 2 is 2.09 bits per heavy atom. The molecule has 1 saturated carbocycles. The van der Waals surface area contributed by atoms with E-state index in [1.807, 2.05) is 0 Å². The second-order valence-electron chi connectivity index (χ2n) is 5.92. The van der Waals surface area contributed by atoms with Crippen LogP contribution in [-0.2, 0) is 26.0 Å². The maximum atomic E-state index is 12.3. The Labute approximate surface area is 128 Å². The molecule has 1 saturated heterocycles. The lowest BCUT2D eigenvalue weighted by Crippen LogP contribution is -2.46. The summed E-state index contributed by atoms with van der Waals surface area (Å²) >= 11 is 0. The van der Waals surface area contributed by atoms with Crippen LogP contribution in [0.2, 0.25) is 0 Å². The summed E-state index contributed by atoms with van der Waals surface area (Å²) in [4.78, 5) is 24.5. The van der Waals surface area contributed by atoms with E-state index >= 15 is 0 Å². The van der Waals surface area contributed by atoms with Crippen LogP contribution >= 0.6 is 0 Å². The van der Waals surface area contributed by atoms with Gasteiger partial charge in [0.1, 0.15) is 11.2 Å². The van der Waals surface area contributed by atoms with E-state index in [1.165, 1.54) is 6.26 Å². The average molecular weight is 326 g/mol. The zero-order chi connectivity index (χ0) is 15.8. The summed E-state index contributed by atoms with van der Waals surface area (Å²) in [5.74, 6) is -0.0291. The smallest absolute Gasteiger partial charge is 0.236 e. The SMILES string of the molecule is O=C(NCc1ccco1)C1(C(=O)NC2CCS(=O)(=O)C2)CC1. The first-order valence-corrected chi connectivity index (χ1v) is 9.05. The number of rotatable bonds is 5. The largest absolute Gasteiger partial charge is 0.467 e. The van der Waals surface area contributed by atoms with Crippen LogP contribution in [-0.4, -0.2) is 37.8 Å². The molecule has 2 amide bonds. The van der Waals surface area contributed by atoms with Crippen LogP contribution in [0.1, 0.15) is 25.0 Å². The molecular weight excluding hydrogens is 308 g/mol. The first kappa shape index (κ1) is 15.1. The standard InChI is InChI=1S/C14H18N2O5S/c17-12(15-8-11-2-1-6-21-11)14(4-5-14)13(18)16-10-3-7-22(19,20)9-10/h1-2,6,10H,3-5,7-9H2,(H,15,17)(H,16,18). The molecule has 1 aromatic rings. The Morgan fingerprint density at radius 1 is 1.32 bits per heavy atom. The number of sulfone groups is 1. The molecule has 120 valence electrons. The lowest BCUT2D eigenvalue weighted by Gasteiger charge is -2.18. The highest BCUT2D eigenvalue weighted by atomic mass is 32.2. The van der Waals surface area contributed by atoms with Crippen molar-refractivity contribution >= 4 is 21.7 Å². The molecule has 0 radical (unpaired) electrons. The zero-order valence-electron chi connectivity index (χ0n) is 12.0. The van der Waals surface area contributed by atoms with Crippen molar-refractivity contribution < 1.29 is 22.4 Å². The zero-order valence-corrected chi connectivity index (χ0v) is 12.8. The Hall–Kier alpha value is -1.83. The summed E-state index contributed by atoms with van der Waals surface area (Å²) in [6.45, 7) is 0.235. The second-order valence-corrected chi connectivity index (χ2v) is 8.15. The van der Waals surface area contributed by atoms with Gasteiger partial charge in [0.25, 0.3) is 0 Å². The van der Waals surface area contributed by atoms with E-state index in [4.69, 9.17) is 4.42 Å². The van der Waals surface area contributed by atoms with Gasteiger partial charge in [0.2, 0.25) is 11.8 Å². The molecule has 7 nitrogen and oxygen atoms in total. The molecule has 0 aromatic carbocycles.